The maximum absolute atomic E-state index is 12.3. The van der Waals surface area contributed by atoms with E-state index in [4.69, 9.17) is 0 Å². The third-order valence-electron chi connectivity index (χ3n) is 3.25. The predicted octanol–water partition coefficient (Wildman–Crippen LogP) is 0.718. The second-order valence-electron chi connectivity index (χ2n) is 4.33. The molecule has 1 N–H and O–H groups in total. The van der Waals surface area contributed by atoms with Crippen LogP contribution in [0.1, 0.15) is 6.92 Å². The van der Waals surface area contributed by atoms with E-state index in [2.05, 4.69) is 11.8 Å². The van der Waals surface area contributed by atoms with Crippen molar-refractivity contribution in [2.45, 2.75) is 11.8 Å². The first-order chi connectivity index (χ1) is 8.54. The van der Waals surface area contributed by atoms with Gasteiger partial charge in [0, 0.05) is 26.2 Å². The summed E-state index contributed by atoms with van der Waals surface area (Å²) in [5, 5.41) is 9.18. The number of benzene rings is 1. The number of phenols is 1. The van der Waals surface area contributed by atoms with Gasteiger partial charge in [-0.1, -0.05) is 6.92 Å². The van der Waals surface area contributed by atoms with Gasteiger partial charge in [0.15, 0.2) is 0 Å². The third-order valence-corrected chi connectivity index (χ3v) is 5.17. The third kappa shape index (κ3) is 2.66. The average molecular weight is 270 g/mol. The van der Waals surface area contributed by atoms with Crippen LogP contribution in [0.25, 0.3) is 0 Å². The zero-order chi connectivity index (χ0) is 13.2. The maximum Gasteiger partial charge on any atom is 0.243 e. The summed E-state index contributed by atoms with van der Waals surface area (Å²) in [5.41, 5.74) is 0. The number of phenolic OH excluding ortho intramolecular Hbond substituents is 1. The van der Waals surface area contributed by atoms with Crippen molar-refractivity contribution < 1.29 is 13.5 Å². The summed E-state index contributed by atoms with van der Waals surface area (Å²) in [5.74, 6) is 0.0738. The molecule has 1 fully saturated rings. The van der Waals surface area contributed by atoms with Crippen LogP contribution in [0, 0.1) is 0 Å². The zero-order valence-corrected chi connectivity index (χ0v) is 11.2. The fraction of sp³-hybridized carbons (Fsp3) is 0.500. The Bertz CT molecular complexity index is 491. The summed E-state index contributed by atoms with van der Waals surface area (Å²) in [6.45, 7) is 5.62. The molecule has 0 aliphatic carbocycles. The van der Waals surface area contributed by atoms with Gasteiger partial charge in [-0.15, -0.1) is 0 Å². The van der Waals surface area contributed by atoms with E-state index in [0.29, 0.717) is 13.1 Å². The first kappa shape index (κ1) is 13.3. The summed E-state index contributed by atoms with van der Waals surface area (Å²) in [7, 11) is -3.41. The molecule has 0 atom stereocenters. The number of aromatic hydroxyl groups is 1. The lowest BCUT2D eigenvalue weighted by molar-refractivity contribution is 0.196. The van der Waals surface area contributed by atoms with Crippen LogP contribution in [0.4, 0.5) is 0 Å². The number of hydrogen-bond acceptors (Lipinski definition) is 4. The summed E-state index contributed by atoms with van der Waals surface area (Å²) >= 11 is 0. The molecule has 1 aromatic rings. The Morgan fingerprint density at radius 2 is 1.67 bits per heavy atom. The molecule has 0 aromatic heterocycles. The molecule has 0 unspecified atom stereocenters. The zero-order valence-electron chi connectivity index (χ0n) is 10.4. The second-order valence-corrected chi connectivity index (χ2v) is 6.27. The van der Waals surface area contributed by atoms with E-state index in [1.165, 1.54) is 28.6 Å². The summed E-state index contributed by atoms with van der Waals surface area (Å²) in [6, 6.07) is 5.68. The van der Waals surface area contributed by atoms with Crippen LogP contribution in [0.2, 0.25) is 0 Å². The van der Waals surface area contributed by atoms with E-state index in [1.807, 2.05) is 0 Å². The number of rotatable bonds is 3. The minimum atomic E-state index is -3.41. The lowest BCUT2D eigenvalue weighted by Gasteiger charge is -2.33. The van der Waals surface area contributed by atoms with Crippen LogP contribution >= 0.6 is 0 Å². The van der Waals surface area contributed by atoms with Crippen molar-refractivity contribution in [3.63, 3.8) is 0 Å². The lowest BCUT2D eigenvalue weighted by Crippen LogP contribution is -2.48. The maximum atomic E-state index is 12.3. The van der Waals surface area contributed by atoms with Crippen LogP contribution in [-0.2, 0) is 10.0 Å². The highest BCUT2D eigenvalue weighted by Gasteiger charge is 2.27. The van der Waals surface area contributed by atoms with Gasteiger partial charge >= 0.3 is 0 Å². The Hall–Kier alpha value is -1.11. The van der Waals surface area contributed by atoms with Gasteiger partial charge in [-0.3, -0.25) is 0 Å². The molecule has 100 valence electrons. The van der Waals surface area contributed by atoms with E-state index in [0.717, 1.165) is 19.6 Å². The molecule has 0 amide bonds. The number of hydrogen-bond donors (Lipinski definition) is 1. The highest BCUT2D eigenvalue weighted by molar-refractivity contribution is 7.89. The van der Waals surface area contributed by atoms with Gasteiger partial charge in [0.1, 0.15) is 5.75 Å². The minimum Gasteiger partial charge on any atom is -0.508 e. The fourth-order valence-electron chi connectivity index (χ4n) is 2.05. The Labute approximate surface area is 108 Å². The molecule has 5 nitrogen and oxygen atoms in total. The van der Waals surface area contributed by atoms with Crippen molar-refractivity contribution >= 4 is 10.0 Å². The normalized spacial score (nSPS) is 18.9. The molecule has 1 aromatic carbocycles. The molecule has 1 saturated heterocycles. The van der Waals surface area contributed by atoms with Crippen LogP contribution in [-0.4, -0.2) is 55.5 Å². The Kier molecular flexibility index (Phi) is 3.89. The molecular formula is C12H18N2O3S. The molecular weight excluding hydrogens is 252 g/mol. The minimum absolute atomic E-state index is 0.0738. The van der Waals surface area contributed by atoms with Crippen molar-refractivity contribution in [1.29, 1.82) is 0 Å². The molecule has 1 aliphatic heterocycles. The molecule has 0 bridgehead atoms. The largest absolute Gasteiger partial charge is 0.508 e. The average Bonchev–Trinajstić information content (AvgIpc) is 2.39. The molecule has 0 saturated carbocycles. The van der Waals surface area contributed by atoms with Crippen LogP contribution < -0.4 is 0 Å². The van der Waals surface area contributed by atoms with Crippen LogP contribution in [0.3, 0.4) is 0 Å². The van der Waals surface area contributed by atoms with Crippen molar-refractivity contribution in [3.05, 3.63) is 24.3 Å². The first-order valence-electron chi connectivity index (χ1n) is 6.05. The summed E-state index contributed by atoms with van der Waals surface area (Å²) < 4.78 is 26.1. The Morgan fingerprint density at radius 3 is 2.17 bits per heavy atom. The van der Waals surface area contributed by atoms with E-state index in [1.54, 1.807) is 0 Å². The smallest absolute Gasteiger partial charge is 0.243 e. The molecule has 1 heterocycles. The molecule has 18 heavy (non-hydrogen) atoms. The predicted molar refractivity (Wildman–Crippen MR) is 69.0 cm³/mol. The van der Waals surface area contributed by atoms with Crippen molar-refractivity contribution in [2.75, 3.05) is 32.7 Å². The fourth-order valence-corrected chi connectivity index (χ4v) is 3.48. The second kappa shape index (κ2) is 5.26. The van der Waals surface area contributed by atoms with Gasteiger partial charge in [-0.05, 0) is 30.8 Å². The SMILES string of the molecule is CCN1CCN(S(=O)(=O)c2ccc(O)cc2)CC1. The van der Waals surface area contributed by atoms with Gasteiger partial charge in [0.05, 0.1) is 4.90 Å². The van der Waals surface area contributed by atoms with Crippen molar-refractivity contribution in [2.24, 2.45) is 0 Å². The molecule has 6 heteroatoms. The number of sulfonamides is 1. The van der Waals surface area contributed by atoms with Gasteiger partial charge in [0.2, 0.25) is 10.0 Å². The first-order valence-corrected chi connectivity index (χ1v) is 7.49. The summed E-state index contributed by atoms with van der Waals surface area (Å²) in [6.07, 6.45) is 0. The van der Waals surface area contributed by atoms with Crippen molar-refractivity contribution in [1.82, 2.24) is 9.21 Å². The summed E-state index contributed by atoms with van der Waals surface area (Å²) in [4.78, 5) is 2.47. The highest BCUT2D eigenvalue weighted by Crippen LogP contribution is 2.19. The van der Waals surface area contributed by atoms with E-state index < -0.39 is 10.0 Å². The standard InChI is InChI=1S/C12H18N2O3S/c1-2-13-7-9-14(10-8-13)18(16,17)12-5-3-11(15)4-6-12/h3-6,15H,2,7-10H2,1H3. The highest BCUT2D eigenvalue weighted by atomic mass is 32.2. The van der Waals surface area contributed by atoms with Crippen LogP contribution in [0.15, 0.2) is 29.2 Å². The number of piperazine rings is 1. The Balaban J connectivity index is 2.15. The molecule has 1 aliphatic rings. The van der Waals surface area contributed by atoms with Gasteiger partial charge in [0.25, 0.3) is 0 Å². The van der Waals surface area contributed by atoms with E-state index in [9.17, 15) is 13.5 Å². The molecule has 2 rings (SSSR count). The molecule has 0 radical (unpaired) electrons. The monoisotopic (exact) mass is 270 g/mol. The van der Waals surface area contributed by atoms with E-state index >= 15 is 0 Å². The lowest BCUT2D eigenvalue weighted by atomic mass is 10.3. The van der Waals surface area contributed by atoms with Gasteiger partial charge < -0.3 is 10.0 Å². The Morgan fingerprint density at radius 1 is 1.11 bits per heavy atom. The van der Waals surface area contributed by atoms with Crippen molar-refractivity contribution in [3.8, 4) is 5.75 Å². The molecule has 0 spiro atoms. The quantitative estimate of drug-likeness (QED) is 0.879. The van der Waals surface area contributed by atoms with Gasteiger partial charge in [-0.25, -0.2) is 8.42 Å². The van der Waals surface area contributed by atoms with Gasteiger partial charge in [-0.2, -0.15) is 4.31 Å². The van der Waals surface area contributed by atoms with Crippen LogP contribution in [0.5, 0.6) is 5.75 Å². The topological polar surface area (TPSA) is 60.9 Å². The number of nitrogens with zero attached hydrogens (tertiary/aromatic N) is 2. The number of likely N-dealkylation sites (N-methyl/N-ethyl adjacent to an activating group) is 1. The van der Waals surface area contributed by atoms with E-state index in [-0.39, 0.29) is 10.6 Å².